The Balaban J connectivity index is 2.97. The lowest BCUT2D eigenvalue weighted by Gasteiger charge is -2.25. The summed E-state index contributed by atoms with van der Waals surface area (Å²) in [7, 11) is 0. The van der Waals surface area contributed by atoms with E-state index < -0.39 is 0 Å². The molecule has 0 aliphatic carbocycles. The molecule has 2 atom stereocenters. The van der Waals surface area contributed by atoms with Gasteiger partial charge in [0, 0.05) is 24.3 Å². The third kappa shape index (κ3) is 3.67. The molecule has 0 bridgehead atoms. The van der Waals surface area contributed by atoms with E-state index in [2.05, 4.69) is 31.1 Å². The molecule has 1 aromatic heterocycles. The van der Waals surface area contributed by atoms with Crippen LogP contribution in [0.25, 0.3) is 0 Å². The summed E-state index contributed by atoms with van der Waals surface area (Å²) >= 11 is 0. The molecule has 4 nitrogen and oxygen atoms in total. The Morgan fingerprint density at radius 3 is 2.56 bits per heavy atom. The average molecular weight is 251 g/mol. The number of aromatic nitrogens is 2. The van der Waals surface area contributed by atoms with Crippen LogP contribution in [0.15, 0.2) is 10.9 Å². The first-order valence-corrected chi connectivity index (χ1v) is 6.78. The Kier molecular flexibility index (Phi) is 5.54. The maximum atomic E-state index is 12.0. The molecule has 0 saturated carbocycles. The lowest BCUT2D eigenvalue weighted by molar-refractivity contribution is 0.327. The fourth-order valence-corrected chi connectivity index (χ4v) is 2.18. The Morgan fingerprint density at radius 2 is 2.06 bits per heavy atom. The fourth-order valence-electron chi connectivity index (χ4n) is 2.18. The average Bonchev–Trinajstić information content (AvgIpc) is 2.31. The van der Waals surface area contributed by atoms with Gasteiger partial charge in [-0.2, -0.15) is 0 Å². The van der Waals surface area contributed by atoms with Gasteiger partial charge in [0.25, 0.3) is 5.56 Å². The highest BCUT2D eigenvalue weighted by atomic mass is 16.1. The van der Waals surface area contributed by atoms with Crippen LogP contribution in [0.2, 0.25) is 0 Å². The van der Waals surface area contributed by atoms with Gasteiger partial charge in [0.2, 0.25) is 0 Å². The summed E-state index contributed by atoms with van der Waals surface area (Å²) in [5.74, 6) is 1.34. The summed E-state index contributed by atoms with van der Waals surface area (Å²) in [4.78, 5) is 16.4. The van der Waals surface area contributed by atoms with Crippen molar-refractivity contribution in [2.45, 2.75) is 53.6 Å². The molecule has 4 heteroatoms. The number of nitrogens with one attached hydrogen (secondary N) is 1. The first-order chi connectivity index (χ1) is 8.49. The molecule has 0 aromatic carbocycles. The molecule has 0 amide bonds. The van der Waals surface area contributed by atoms with Crippen molar-refractivity contribution >= 4 is 0 Å². The molecule has 102 valence electrons. The van der Waals surface area contributed by atoms with Crippen LogP contribution >= 0.6 is 0 Å². The van der Waals surface area contributed by atoms with Crippen molar-refractivity contribution in [2.75, 3.05) is 6.54 Å². The van der Waals surface area contributed by atoms with Crippen LogP contribution in [0.5, 0.6) is 0 Å². The molecule has 1 heterocycles. The predicted octanol–water partition coefficient (Wildman–Crippen LogP) is 1.88. The third-order valence-electron chi connectivity index (χ3n) is 3.50. The van der Waals surface area contributed by atoms with Crippen LogP contribution in [0, 0.1) is 19.8 Å². The Hall–Kier alpha value is -1.16. The SMILES string of the molecule is CCNC(Cn1c(C)nc(C)cc1=O)C(C)CC. The van der Waals surface area contributed by atoms with Crippen molar-refractivity contribution in [3.05, 3.63) is 27.9 Å². The minimum absolute atomic E-state index is 0.0474. The minimum Gasteiger partial charge on any atom is -0.312 e. The third-order valence-corrected chi connectivity index (χ3v) is 3.50. The van der Waals surface area contributed by atoms with E-state index in [0.717, 1.165) is 24.5 Å². The zero-order chi connectivity index (χ0) is 13.7. The van der Waals surface area contributed by atoms with Crippen molar-refractivity contribution in [3.8, 4) is 0 Å². The molecule has 0 saturated heterocycles. The van der Waals surface area contributed by atoms with E-state index in [4.69, 9.17) is 0 Å². The van der Waals surface area contributed by atoms with Gasteiger partial charge in [-0.3, -0.25) is 9.36 Å². The van der Waals surface area contributed by atoms with Crippen molar-refractivity contribution in [3.63, 3.8) is 0 Å². The van der Waals surface area contributed by atoms with Gasteiger partial charge in [-0.15, -0.1) is 0 Å². The van der Waals surface area contributed by atoms with Crippen LogP contribution in [-0.2, 0) is 6.54 Å². The quantitative estimate of drug-likeness (QED) is 0.840. The number of hydrogen-bond acceptors (Lipinski definition) is 3. The summed E-state index contributed by atoms with van der Waals surface area (Å²) in [6, 6.07) is 1.92. The first-order valence-electron chi connectivity index (χ1n) is 6.78. The van der Waals surface area contributed by atoms with Crippen molar-refractivity contribution in [2.24, 2.45) is 5.92 Å². The van der Waals surface area contributed by atoms with Crippen LogP contribution in [0.3, 0.4) is 0 Å². The molecule has 0 aliphatic heterocycles. The van der Waals surface area contributed by atoms with Gasteiger partial charge < -0.3 is 5.32 Å². The number of likely N-dealkylation sites (N-methyl/N-ethyl adjacent to an activating group) is 1. The number of nitrogens with zero attached hydrogens (tertiary/aromatic N) is 2. The number of hydrogen-bond donors (Lipinski definition) is 1. The second-order valence-corrected chi connectivity index (χ2v) is 4.94. The second-order valence-electron chi connectivity index (χ2n) is 4.94. The van der Waals surface area contributed by atoms with Gasteiger partial charge in [0.15, 0.2) is 0 Å². The van der Waals surface area contributed by atoms with Gasteiger partial charge >= 0.3 is 0 Å². The monoisotopic (exact) mass is 251 g/mol. The molecule has 18 heavy (non-hydrogen) atoms. The van der Waals surface area contributed by atoms with E-state index in [0.29, 0.717) is 18.5 Å². The van der Waals surface area contributed by atoms with Crippen molar-refractivity contribution < 1.29 is 0 Å². The van der Waals surface area contributed by atoms with Gasteiger partial charge in [-0.25, -0.2) is 4.98 Å². The Bertz CT molecular complexity index is 439. The molecule has 2 unspecified atom stereocenters. The smallest absolute Gasteiger partial charge is 0.253 e. The topological polar surface area (TPSA) is 46.9 Å². The second kappa shape index (κ2) is 6.69. The molecule has 0 fully saturated rings. The highest BCUT2D eigenvalue weighted by Gasteiger charge is 2.17. The molecule has 0 radical (unpaired) electrons. The molecule has 0 spiro atoms. The van der Waals surface area contributed by atoms with Crippen molar-refractivity contribution in [1.82, 2.24) is 14.9 Å². The molecular formula is C14H25N3O. The van der Waals surface area contributed by atoms with Gasteiger partial charge in [0.05, 0.1) is 0 Å². The van der Waals surface area contributed by atoms with E-state index in [9.17, 15) is 4.79 Å². The fraction of sp³-hybridized carbons (Fsp3) is 0.714. The Labute approximate surface area is 109 Å². The van der Waals surface area contributed by atoms with Gasteiger partial charge in [-0.1, -0.05) is 27.2 Å². The summed E-state index contributed by atoms with van der Waals surface area (Å²) in [5.41, 5.74) is 0.837. The largest absolute Gasteiger partial charge is 0.312 e. The van der Waals surface area contributed by atoms with E-state index in [1.54, 1.807) is 10.6 Å². The van der Waals surface area contributed by atoms with Gasteiger partial charge in [0.1, 0.15) is 5.82 Å². The van der Waals surface area contributed by atoms with Crippen LogP contribution < -0.4 is 10.9 Å². The summed E-state index contributed by atoms with van der Waals surface area (Å²) in [5, 5.41) is 3.46. The van der Waals surface area contributed by atoms with Crippen LogP contribution in [0.1, 0.15) is 38.7 Å². The van der Waals surface area contributed by atoms with E-state index in [1.165, 1.54) is 0 Å². The molecule has 0 aliphatic rings. The number of aryl methyl sites for hydroxylation is 2. The van der Waals surface area contributed by atoms with E-state index in [1.807, 2.05) is 13.8 Å². The normalized spacial score (nSPS) is 14.5. The molecular weight excluding hydrogens is 226 g/mol. The highest BCUT2D eigenvalue weighted by molar-refractivity contribution is 5.02. The summed E-state index contributed by atoms with van der Waals surface area (Å²) in [6.07, 6.45) is 1.10. The highest BCUT2D eigenvalue weighted by Crippen LogP contribution is 2.10. The molecule has 1 aromatic rings. The van der Waals surface area contributed by atoms with Crippen molar-refractivity contribution in [1.29, 1.82) is 0 Å². The zero-order valence-electron chi connectivity index (χ0n) is 12.2. The van der Waals surface area contributed by atoms with E-state index >= 15 is 0 Å². The van der Waals surface area contributed by atoms with Crippen LogP contribution in [0.4, 0.5) is 0 Å². The standard InChI is InChI=1S/C14H25N3O/c1-6-10(3)13(15-7-2)9-17-12(5)16-11(4)8-14(17)18/h8,10,13,15H,6-7,9H2,1-5H3. The van der Waals surface area contributed by atoms with Gasteiger partial charge in [-0.05, 0) is 26.3 Å². The predicted molar refractivity (Wildman–Crippen MR) is 74.9 cm³/mol. The minimum atomic E-state index is 0.0474. The maximum Gasteiger partial charge on any atom is 0.253 e. The lowest BCUT2D eigenvalue weighted by atomic mass is 9.99. The molecule has 1 rings (SSSR count). The Morgan fingerprint density at radius 1 is 1.39 bits per heavy atom. The lowest BCUT2D eigenvalue weighted by Crippen LogP contribution is -2.41. The maximum absolute atomic E-state index is 12.0. The summed E-state index contributed by atoms with van der Waals surface area (Å²) in [6.45, 7) is 11.9. The zero-order valence-corrected chi connectivity index (χ0v) is 12.2. The number of rotatable bonds is 6. The molecule has 1 N–H and O–H groups in total. The first kappa shape index (κ1) is 14.9. The van der Waals surface area contributed by atoms with E-state index in [-0.39, 0.29) is 5.56 Å². The van der Waals surface area contributed by atoms with Crippen LogP contribution in [-0.4, -0.2) is 22.1 Å². The summed E-state index contributed by atoms with van der Waals surface area (Å²) < 4.78 is 1.77.